The monoisotopic (exact) mass is 458 g/mol. The lowest BCUT2D eigenvalue weighted by molar-refractivity contribution is -0.152. The number of ether oxygens (including phenoxy) is 1. The largest absolute Gasteiger partial charge is 0.451 e. The minimum Gasteiger partial charge on any atom is -0.451 e. The summed E-state index contributed by atoms with van der Waals surface area (Å²) in [5.41, 5.74) is 3.98. The van der Waals surface area contributed by atoms with Gasteiger partial charge in [0.1, 0.15) is 6.54 Å². The number of nitrogens with one attached hydrogen (secondary N) is 2. The van der Waals surface area contributed by atoms with Crippen LogP contribution in [0.4, 0.5) is 5.69 Å². The molecule has 0 bridgehead atoms. The maximum Gasteiger partial charge on any atom is 0.326 e. The molecule has 176 valence electrons. The lowest BCUT2D eigenvalue weighted by Crippen LogP contribution is -2.36. The van der Waals surface area contributed by atoms with E-state index in [-0.39, 0.29) is 17.9 Å². The van der Waals surface area contributed by atoms with E-state index in [1.807, 2.05) is 60.7 Å². The highest BCUT2D eigenvalue weighted by molar-refractivity contribution is 5.99. The second kappa shape index (κ2) is 10.8. The van der Waals surface area contributed by atoms with Gasteiger partial charge in [0, 0.05) is 16.8 Å². The predicted molar refractivity (Wildman–Crippen MR) is 134 cm³/mol. The Balaban J connectivity index is 1.53. The van der Waals surface area contributed by atoms with Crippen LogP contribution in [0.2, 0.25) is 0 Å². The first kappa shape index (κ1) is 24.7. The molecule has 0 heterocycles. The Morgan fingerprint density at radius 1 is 0.853 bits per heavy atom. The maximum absolute atomic E-state index is 12.6. The molecule has 0 aromatic heterocycles. The lowest BCUT2D eigenvalue weighted by Gasteiger charge is -2.19. The molecule has 0 aliphatic rings. The van der Waals surface area contributed by atoms with Crippen LogP contribution in [0, 0.1) is 0 Å². The van der Waals surface area contributed by atoms with Crippen LogP contribution in [0.1, 0.15) is 43.6 Å². The molecule has 6 nitrogen and oxygen atoms in total. The molecule has 3 aromatic rings. The predicted octanol–water partition coefficient (Wildman–Crippen LogP) is 4.95. The van der Waals surface area contributed by atoms with Crippen molar-refractivity contribution < 1.29 is 19.1 Å². The van der Waals surface area contributed by atoms with E-state index in [1.165, 1.54) is 6.92 Å². The SMILES string of the molecule is CC(OC(=O)CNC(=O)c1ccc(C(C)(C)C)cc1)C(=O)Nc1ccccc1-c1ccccc1. The van der Waals surface area contributed by atoms with E-state index in [2.05, 4.69) is 31.4 Å². The highest BCUT2D eigenvalue weighted by Gasteiger charge is 2.20. The molecule has 0 radical (unpaired) electrons. The van der Waals surface area contributed by atoms with Crippen molar-refractivity contribution in [2.45, 2.75) is 39.2 Å². The number of anilines is 1. The highest BCUT2D eigenvalue weighted by atomic mass is 16.5. The Hall–Kier alpha value is -3.93. The van der Waals surface area contributed by atoms with Crippen molar-refractivity contribution in [3.63, 3.8) is 0 Å². The fourth-order valence-corrected chi connectivity index (χ4v) is 3.36. The van der Waals surface area contributed by atoms with Crippen molar-refractivity contribution in [2.75, 3.05) is 11.9 Å². The molecule has 2 amide bonds. The van der Waals surface area contributed by atoms with Crippen LogP contribution < -0.4 is 10.6 Å². The molecule has 0 aliphatic heterocycles. The first-order valence-electron chi connectivity index (χ1n) is 11.2. The molecular weight excluding hydrogens is 428 g/mol. The molecule has 3 aromatic carbocycles. The van der Waals surface area contributed by atoms with Gasteiger partial charge in [0.25, 0.3) is 11.8 Å². The van der Waals surface area contributed by atoms with Crippen LogP contribution in [0.5, 0.6) is 0 Å². The van der Waals surface area contributed by atoms with Gasteiger partial charge in [0.2, 0.25) is 0 Å². The topological polar surface area (TPSA) is 84.5 Å². The molecular formula is C28H30N2O4. The van der Waals surface area contributed by atoms with Gasteiger partial charge >= 0.3 is 5.97 Å². The van der Waals surface area contributed by atoms with Crippen molar-refractivity contribution in [1.29, 1.82) is 0 Å². The highest BCUT2D eigenvalue weighted by Crippen LogP contribution is 2.27. The standard InChI is InChI=1S/C28H30N2O4/c1-19(26(32)30-24-13-9-8-12-23(24)20-10-6-5-7-11-20)34-25(31)18-29-27(33)21-14-16-22(17-15-21)28(2,3)4/h5-17,19H,18H2,1-4H3,(H,29,33)(H,30,32). The van der Waals surface area contributed by atoms with Crippen molar-refractivity contribution in [3.8, 4) is 11.1 Å². The molecule has 34 heavy (non-hydrogen) atoms. The molecule has 0 spiro atoms. The average molecular weight is 459 g/mol. The van der Waals surface area contributed by atoms with Gasteiger partial charge in [-0.25, -0.2) is 0 Å². The third-order valence-electron chi connectivity index (χ3n) is 5.35. The van der Waals surface area contributed by atoms with E-state index in [1.54, 1.807) is 18.2 Å². The zero-order valence-corrected chi connectivity index (χ0v) is 19.9. The summed E-state index contributed by atoms with van der Waals surface area (Å²) >= 11 is 0. The number of rotatable bonds is 7. The van der Waals surface area contributed by atoms with Gasteiger partial charge in [0.05, 0.1) is 0 Å². The number of para-hydroxylation sites is 1. The number of carbonyl (C=O) groups is 3. The van der Waals surface area contributed by atoms with Crippen LogP contribution in [-0.4, -0.2) is 30.4 Å². The normalized spacial score (nSPS) is 11.9. The van der Waals surface area contributed by atoms with Gasteiger partial charge in [-0.15, -0.1) is 0 Å². The van der Waals surface area contributed by atoms with Crippen molar-refractivity contribution in [1.82, 2.24) is 5.32 Å². The van der Waals surface area contributed by atoms with E-state index in [9.17, 15) is 14.4 Å². The van der Waals surface area contributed by atoms with E-state index < -0.39 is 18.0 Å². The fourth-order valence-electron chi connectivity index (χ4n) is 3.36. The van der Waals surface area contributed by atoms with Crippen LogP contribution >= 0.6 is 0 Å². The van der Waals surface area contributed by atoms with Gasteiger partial charge in [0.15, 0.2) is 6.10 Å². The van der Waals surface area contributed by atoms with Crippen molar-refractivity contribution in [3.05, 3.63) is 90.0 Å². The van der Waals surface area contributed by atoms with Gasteiger partial charge in [-0.3, -0.25) is 14.4 Å². The summed E-state index contributed by atoms with van der Waals surface area (Å²) in [5.74, 6) is -1.54. The Morgan fingerprint density at radius 2 is 1.47 bits per heavy atom. The fraction of sp³-hybridized carbons (Fsp3) is 0.250. The summed E-state index contributed by atoms with van der Waals surface area (Å²) in [5, 5.41) is 5.36. The summed E-state index contributed by atoms with van der Waals surface area (Å²) in [6.45, 7) is 7.44. The molecule has 2 N–H and O–H groups in total. The number of carbonyl (C=O) groups excluding carboxylic acids is 3. The molecule has 0 fully saturated rings. The van der Waals surface area contributed by atoms with Crippen LogP contribution in [0.3, 0.4) is 0 Å². The molecule has 0 saturated heterocycles. The molecule has 6 heteroatoms. The Kier molecular flexibility index (Phi) is 7.84. The first-order chi connectivity index (χ1) is 16.1. The molecule has 0 aliphatic carbocycles. The summed E-state index contributed by atoms with van der Waals surface area (Å²) in [4.78, 5) is 37.2. The van der Waals surface area contributed by atoms with Gasteiger partial charge in [-0.05, 0) is 41.7 Å². The van der Waals surface area contributed by atoms with Gasteiger partial charge in [-0.2, -0.15) is 0 Å². The molecule has 1 atom stereocenters. The number of hydrogen-bond donors (Lipinski definition) is 2. The van der Waals surface area contributed by atoms with Gasteiger partial charge < -0.3 is 15.4 Å². The zero-order chi connectivity index (χ0) is 24.7. The molecule has 1 unspecified atom stereocenters. The van der Waals surface area contributed by atoms with E-state index in [0.29, 0.717) is 11.3 Å². The van der Waals surface area contributed by atoms with Gasteiger partial charge in [-0.1, -0.05) is 81.4 Å². The summed E-state index contributed by atoms with van der Waals surface area (Å²) in [6.07, 6.45) is -1.03. The van der Waals surface area contributed by atoms with Crippen LogP contribution in [0.25, 0.3) is 11.1 Å². The first-order valence-corrected chi connectivity index (χ1v) is 11.2. The van der Waals surface area contributed by atoms with E-state index in [4.69, 9.17) is 4.74 Å². The minimum atomic E-state index is -1.03. The third-order valence-corrected chi connectivity index (χ3v) is 5.35. The molecule has 3 rings (SSSR count). The summed E-state index contributed by atoms with van der Waals surface area (Å²) < 4.78 is 5.21. The van der Waals surface area contributed by atoms with E-state index >= 15 is 0 Å². The second-order valence-corrected chi connectivity index (χ2v) is 9.04. The summed E-state index contributed by atoms with van der Waals surface area (Å²) in [6, 6.07) is 24.3. The van der Waals surface area contributed by atoms with E-state index in [0.717, 1.165) is 16.7 Å². The number of esters is 1. The molecule has 0 saturated carbocycles. The number of benzene rings is 3. The Morgan fingerprint density at radius 3 is 2.12 bits per heavy atom. The summed E-state index contributed by atoms with van der Waals surface area (Å²) in [7, 11) is 0. The number of hydrogen-bond acceptors (Lipinski definition) is 4. The smallest absolute Gasteiger partial charge is 0.326 e. The van der Waals surface area contributed by atoms with Crippen molar-refractivity contribution >= 4 is 23.5 Å². The number of amides is 2. The maximum atomic E-state index is 12.6. The lowest BCUT2D eigenvalue weighted by atomic mass is 9.87. The Labute approximate surface area is 200 Å². The minimum absolute atomic E-state index is 0.0167. The second-order valence-electron chi connectivity index (χ2n) is 9.04. The third kappa shape index (κ3) is 6.54. The quantitative estimate of drug-likeness (QED) is 0.491. The zero-order valence-electron chi connectivity index (χ0n) is 19.9. The Bertz CT molecular complexity index is 1150. The van der Waals surface area contributed by atoms with Crippen LogP contribution in [-0.2, 0) is 19.7 Å². The van der Waals surface area contributed by atoms with Crippen molar-refractivity contribution in [2.24, 2.45) is 0 Å². The van der Waals surface area contributed by atoms with Crippen LogP contribution in [0.15, 0.2) is 78.9 Å². The average Bonchev–Trinajstić information content (AvgIpc) is 2.83.